The van der Waals surface area contributed by atoms with E-state index in [1.165, 1.54) is 7.11 Å². The van der Waals surface area contributed by atoms with E-state index < -0.39 is 0 Å². The number of alkyl halides is 1. The lowest BCUT2D eigenvalue weighted by molar-refractivity contribution is -0.147. The number of rotatable bonds is 5. The molecule has 5 nitrogen and oxygen atoms in total. The van der Waals surface area contributed by atoms with Gasteiger partial charge in [-0.25, -0.2) is 0 Å². The van der Waals surface area contributed by atoms with Crippen molar-refractivity contribution in [1.29, 1.82) is 0 Å². The molecule has 1 aliphatic heterocycles. The molecule has 0 aliphatic carbocycles. The average Bonchev–Trinajstić information content (AvgIpc) is 2.35. The quantitative estimate of drug-likeness (QED) is 0.324. The molecule has 1 rings (SSSR count). The third-order valence-electron chi connectivity index (χ3n) is 2.80. The van der Waals surface area contributed by atoms with Gasteiger partial charge in [-0.2, -0.15) is 0 Å². The van der Waals surface area contributed by atoms with Gasteiger partial charge >= 0.3 is 5.97 Å². The monoisotopic (exact) mass is 341 g/mol. The molecule has 1 atom stereocenters. The molecule has 1 fully saturated rings. The molecule has 1 saturated heterocycles. The largest absolute Gasteiger partial charge is 0.468 e. The van der Waals surface area contributed by atoms with E-state index in [0.717, 1.165) is 30.7 Å². The van der Waals surface area contributed by atoms with E-state index in [2.05, 4.69) is 44.8 Å². The summed E-state index contributed by atoms with van der Waals surface area (Å²) in [7, 11) is 3.54. The molecule has 0 amide bonds. The van der Waals surface area contributed by atoms with Crippen LogP contribution in [0.25, 0.3) is 0 Å². The second-order valence-electron chi connectivity index (χ2n) is 3.98. The predicted molar refractivity (Wildman–Crippen MR) is 71.8 cm³/mol. The highest BCUT2D eigenvalue weighted by Crippen LogP contribution is 2.05. The first-order valence-corrected chi connectivity index (χ1v) is 6.98. The number of carbonyl (C=O) groups is 1. The minimum absolute atomic E-state index is 0.124. The number of ether oxygens (including phenoxy) is 1. The summed E-state index contributed by atoms with van der Waals surface area (Å²) in [6, 6.07) is -0.124. The second kappa shape index (κ2) is 7.41. The van der Waals surface area contributed by atoms with E-state index in [0.29, 0.717) is 6.54 Å². The molecule has 0 aromatic carbocycles. The molecule has 1 unspecified atom stereocenters. The summed E-state index contributed by atoms with van der Waals surface area (Å²) in [6.45, 7) is 4.45. The third kappa shape index (κ3) is 4.15. The highest BCUT2D eigenvalue weighted by molar-refractivity contribution is 14.1. The van der Waals surface area contributed by atoms with Crippen LogP contribution in [0.5, 0.6) is 0 Å². The topological polar surface area (TPSA) is 44.8 Å². The number of likely N-dealkylation sites (N-methyl/N-ethyl adjacent to an activating group) is 1. The van der Waals surface area contributed by atoms with Crippen LogP contribution in [-0.4, -0.2) is 73.2 Å². The van der Waals surface area contributed by atoms with Crippen LogP contribution < -0.4 is 5.32 Å². The van der Waals surface area contributed by atoms with Gasteiger partial charge in [0.1, 0.15) is 6.04 Å². The Morgan fingerprint density at radius 3 is 3.06 bits per heavy atom. The Morgan fingerprint density at radius 2 is 2.44 bits per heavy atom. The lowest BCUT2D eigenvalue weighted by Crippen LogP contribution is -2.56. The lowest BCUT2D eigenvalue weighted by atomic mass is 10.2. The van der Waals surface area contributed by atoms with E-state index in [4.69, 9.17) is 4.74 Å². The van der Waals surface area contributed by atoms with E-state index in [1.807, 2.05) is 0 Å². The number of hydrogen-bond donors (Lipinski definition) is 1. The van der Waals surface area contributed by atoms with Gasteiger partial charge in [0, 0.05) is 32.7 Å². The normalized spacial score (nSPS) is 22.4. The summed E-state index contributed by atoms with van der Waals surface area (Å²) in [5.41, 5.74) is 0. The predicted octanol–water partition coefficient (Wildman–Crippen LogP) is -0.242. The van der Waals surface area contributed by atoms with Crippen molar-refractivity contribution in [3.8, 4) is 0 Å². The molecule has 0 bridgehead atoms. The molecule has 1 N–H and O–H groups in total. The Hall–Kier alpha value is 0.0800. The molecule has 0 aromatic heterocycles. The minimum Gasteiger partial charge on any atom is -0.468 e. The summed E-state index contributed by atoms with van der Waals surface area (Å²) >= 11 is 2.34. The Kier molecular flexibility index (Phi) is 6.55. The fraction of sp³-hybridized carbons (Fsp3) is 0.900. The van der Waals surface area contributed by atoms with Crippen molar-refractivity contribution >= 4 is 28.6 Å². The van der Waals surface area contributed by atoms with E-state index in [9.17, 15) is 4.79 Å². The highest BCUT2D eigenvalue weighted by Gasteiger charge is 2.28. The van der Waals surface area contributed by atoms with Crippen molar-refractivity contribution in [2.45, 2.75) is 6.04 Å². The van der Waals surface area contributed by atoms with Gasteiger partial charge in [0.05, 0.1) is 11.7 Å². The SMILES string of the molecule is COC(=O)C1CNCCN1CCN(C)CI. The van der Waals surface area contributed by atoms with Crippen LogP contribution in [0.15, 0.2) is 0 Å². The minimum atomic E-state index is -0.135. The Labute approximate surface area is 111 Å². The average molecular weight is 341 g/mol. The van der Waals surface area contributed by atoms with Gasteiger partial charge in [-0.05, 0) is 7.05 Å². The first-order valence-electron chi connectivity index (χ1n) is 5.46. The summed E-state index contributed by atoms with van der Waals surface area (Å²) in [6.07, 6.45) is 0. The molecular formula is C10H20IN3O2. The van der Waals surface area contributed by atoms with Crippen molar-refractivity contribution in [3.05, 3.63) is 0 Å². The Balaban J connectivity index is 2.44. The summed E-state index contributed by atoms with van der Waals surface area (Å²) in [4.78, 5) is 16.0. The number of piperazine rings is 1. The van der Waals surface area contributed by atoms with Gasteiger partial charge in [0.25, 0.3) is 0 Å². The fourth-order valence-electron chi connectivity index (χ4n) is 1.74. The molecule has 0 radical (unpaired) electrons. The number of esters is 1. The van der Waals surface area contributed by atoms with Crippen LogP contribution in [0.3, 0.4) is 0 Å². The number of methoxy groups -OCH3 is 1. The Morgan fingerprint density at radius 1 is 1.69 bits per heavy atom. The fourth-order valence-corrected chi connectivity index (χ4v) is 2.08. The summed E-state index contributed by atoms with van der Waals surface area (Å²) < 4.78 is 5.82. The molecule has 1 heterocycles. The molecule has 0 spiro atoms. The van der Waals surface area contributed by atoms with Crippen LogP contribution in [0.4, 0.5) is 0 Å². The zero-order valence-electron chi connectivity index (χ0n) is 9.91. The number of carbonyl (C=O) groups excluding carboxylic acids is 1. The van der Waals surface area contributed by atoms with E-state index >= 15 is 0 Å². The maximum absolute atomic E-state index is 11.6. The number of halogens is 1. The van der Waals surface area contributed by atoms with Gasteiger partial charge < -0.3 is 10.1 Å². The van der Waals surface area contributed by atoms with E-state index in [-0.39, 0.29) is 12.0 Å². The molecule has 16 heavy (non-hydrogen) atoms. The van der Waals surface area contributed by atoms with Crippen molar-refractivity contribution in [3.63, 3.8) is 0 Å². The van der Waals surface area contributed by atoms with Crippen LogP contribution >= 0.6 is 22.6 Å². The van der Waals surface area contributed by atoms with Crippen LogP contribution in [0.1, 0.15) is 0 Å². The molecule has 94 valence electrons. The third-order valence-corrected chi connectivity index (χ3v) is 3.97. The highest BCUT2D eigenvalue weighted by atomic mass is 127. The van der Waals surface area contributed by atoms with E-state index in [1.54, 1.807) is 0 Å². The van der Waals surface area contributed by atoms with Gasteiger partial charge in [0.15, 0.2) is 0 Å². The number of nitrogens with zero attached hydrogens (tertiary/aromatic N) is 2. The maximum atomic E-state index is 11.6. The first kappa shape index (κ1) is 14.1. The van der Waals surface area contributed by atoms with Crippen molar-refractivity contribution < 1.29 is 9.53 Å². The van der Waals surface area contributed by atoms with Crippen LogP contribution in [-0.2, 0) is 9.53 Å². The van der Waals surface area contributed by atoms with Crippen LogP contribution in [0, 0.1) is 0 Å². The zero-order chi connectivity index (χ0) is 12.0. The second-order valence-corrected chi connectivity index (χ2v) is 4.66. The first-order chi connectivity index (χ1) is 7.69. The molecular weight excluding hydrogens is 321 g/mol. The van der Waals surface area contributed by atoms with Crippen molar-refractivity contribution in [1.82, 2.24) is 15.1 Å². The maximum Gasteiger partial charge on any atom is 0.324 e. The molecule has 0 saturated carbocycles. The van der Waals surface area contributed by atoms with Crippen molar-refractivity contribution in [2.24, 2.45) is 0 Å². The Bertz CT molecular complexity index is 228. The number of hydrogen-bond acceptors (Lipinski definition) is 5. The van der Waals surface area contributed by atoms with Crippen LogP contribution in [0.2, 0.25) is 0 Å². The standard InChI is InChI=1S/C10H20IN3O2/c1-13(8-11)5-6-14-4-3-12-7-9(14)10(15)16-2/h9,12H,3-8H2,1-2H3. The van der Waals surface area contributed by atoms with Gasteiger partial charge in [0.2, 0.25) is 0 Å². The molecule has 1 aliphatic rings. The molecule has 6 heteroatoms. The summed E-state index contributed by atoms with van der Waals surface area (Å²) in [5.74, 6) is -0.135. The van der Waals surface area contributed by atoms with Gasteiger partial charge in [-0.1, -0.05) is 22.6 Å². The smallest absolute Gasteiger partial charge is 0.324 e. The van der Waals surface area contributed by atoms with Gasteiger partial charge in [-0.15, -0.1) is 0 Å². The zero-order valence-corrected chi connectivity index (χ0v) is 12.1. The van der Waals surface area contributed by atoms with Crippen molar-refractivity contribution in [2.75, 3.05) is 51.4 Å². The summed E-state index contributed by atoms with van der Waals surface area (Å²) in [5, 5.41) is 3.22. The lowest BCUT2D eigenvalue weighted by Gasteiger charge is -2.34. The van der Waals surface area contributed by atoms with Gasteiger partial charge in [-0.3, -0.25) is 14.6 Å². The molecule has 0 aromatic rings. The number of nitrogens with one attached hydrogen (secondary N) is 1.